The van der Waals surface area contributed by atoms with Gasteiger partial charge in [-0.3, -0.25) is 0 Å². The highest BCUT2D eigenvalue weighted by atomic mass is 17.2. The topological polar surface area (TPSA) is 18.5 Å². The van der Waals surface area contributed by atoms with E-state index < -0.39 is 0 Å². The van der Waals surface area contributed by atoms with Gasteiger partial charge in [0.15, 0.2) is 0 Å². The van der Waals surface area contributed by atoms with Crippen LogP contribution >= 0.6 is 0 Å². The summed E-state index contributed by atoms with van der Waals surface area (Å²) in [5.41, 5.74) is 2.91. The van der Waals surface area contributed by atoms with Crippen LogP contribution in [0.15, 0.2) is 23.5 Å². The van der Waals surface area contributed by atoms with Gasteiger partial charge >= 0.3 is 0 Å². The smallest absolute Gasteiger partial charge is 0.133 e. The van der Waals surface area contributed by atoms with Gasteiger partial charge in [-0.2, -0.15) is 4.89 Å². The van der Waals surface area contributed by atoms with Crippen LogP contribution in [0.1, 0.15) is 83.5 Å². The molecule has 0 radical (unpaired) electrons. The predicted molar refractivity (Wildman–Crippen MR) is 83.2 cm³/mol. The van der Waals surface area contributed by atoms with Gasteiger partial charge in [0.1, 0.15) is 6.26 Å². The van der Waals surface area contributed by atoms with Crippen molar-refractivity contribution in [1.82, 2.24) is 0 Å². The van der Waals surface area contributed by atoms with E-state index in [2.05, 4.69) is 6.08 Å². The Hall–Kier alpha value is -0.760. The molecule has 0 bridgehead atoms. The fourth-order valence-electron chi connectivity index (χ4n) is 3.10. The van der Waals surface area contributed by atoms with Crippen LogP contribution in [0.3, 0.4) is 0 Å². The van der Waals surface area contributed by atoms with Gasteiger partial charge in [0.05, 0.1) is 6.61 Å². The van der Waals surface area contributed by atoms with Crippen LogP contribution in [-0.4, -0.2) is 6.61 Å². The molecule has 1 heterocycles. The van der Waals surface area contributed by atoms with Crippen molar-refractivity contribution in [2.24, 2.45) is 0 Å². The Balaban J connectivity index is 1.98. The van der Waals surface area contributed by atoms with Gasteiger partial charge in [0, 0.05) is 0 Å². The Morgan fingerprint density at radius 1 is 0.650 bits per heavy atom. The Morgan fingerprint density at radius 2 is 1.30 bits per heavy atom. The number of hydrogen-bond donors (Lipinski definition) is 0. The number of allylic oxidation sites excluding steroid dienone is 3. The lowest BCUT2D eigenvalue weighted by atomic mass is 9.93. The molecule has 20 heavy (non-hydrogen) atoms. The molecule has 1 aliphatic heterocycles. The minimum absolute atomic E-state index is 0.725. The molecular formula is C18H30O2. The molecule has 0 aromatic heterocycles. The van der Waals surface area contributed by atoms with Crippen LogP contribution in [0, 0.1) is 0 Å². The summed E-state index contributed by atoms with van der Waals surface area (Å²) in [5, 5.41) is 0. The number of hydrogen-bond acceptors (Lipinski definition) is 2. The summed E-state index contributed by atoms with van der Waals surface area (Å²) in [4.78, 5) is 10.5. The van der Waals surface area contributed by atoms with Crippen LogP contribution in [0.5, 0.6) is 0 Å². The highest BCUT2D eigenvalue weighted by Gasteiger charge is 2.09. The zero-order valence-corrected chi connectivity index (χ0v) is 12.9. The van der Waals surface area contributed by atoms with Crippen LogP contribution in [0.25, 0.3) is 0 Å². The molecule has 2 aliphatic rings. The molecule has 2 heteroatoms. The molecule has 2 rings (SSSR count). The van der Waals surface area contributed by atoms with Gasteiger partial charge in [0.2, 0.25) is 0 Å². The van der Waals surface area contributed by atoms with E-state index in [9.17, 15) is 0 Å². The van der Waals surface area contributed by atoms with Crippen molar-refractivity contribution in [3.8, 4) is 0 Å². The molecular weight excluding hydrogens is 248 g/mol. The maximum Gasteiger partial charge on any atom is 0.133 e. The third-order valence-corrected chi connectivity index (χ3v) is 4.39. The minimum atomic E-state index is 0.725. The minimum Gasteiger partial charge on any atom is -0.345 e. The molecule has 0 unspecified atom stereocenters. The Morgan fingerprint density at radius 3 is 2.15 bits per heavy atom. The van der Waals surface area contributed by atoms with E-state index in [0.717, 1.165) is 19.4 Å². The second kappa shape index (κ2) is 10.0. The van der Waals surface area contributed by atoms with E-state index in [-0.39, 0.29) is 0 Å². The quantitative estimate of drug-likeness (QED) is 0.561. The average Bonchev–Trinajstić information content (AvgIpc) is 2.50. The standard InChI is InChI=1S/C18H30O2/c1-2-4-8-12-17(13-9-5-3-1)18-14-10-6-7-11-15-19-20-16-18/h12,16H,1-11,13-15H2/b17-12+,18-16+. The fourth-order valence-corrected chi connectivity index (χ4v) is 3.10. The highest BCUT2D eigenvalue weighted by molar-refractivity contribution is 5.29. The third kappa shape index (κ3) is 6.13. The molecule has 2 nitrogen and oxygen atoms in total. The maximum atomic E-state index is 5.30. The second-order valence-corrected chi connectivity index (χ2v) is 6.11. The van der Waals surface area contributed by atoms with Crippen molar-refractivity contribution in [2.75, 3.05) is 6.61 Å². The van der Waals surface area contributed by atoms with E-state index in [0.29, 0.717) is 0 Å². The van der Waals surface area contributed by atoms with Gasteiger partial charge in [0.25, 0.3) is 0 Å². The zero-order chi connectivity index (χ0) is 13.9. The summed E-state index contributed by atoms with van der Waals surface area (Å²) in [6.45, 7) is 0.725. The SMILES string of the molecule is C1=C(/C2=C/OOCCCCCC2)CCCCCCCC/1. The van der Waals surface area contributed by atoms with E-state index >= 15 is 0 Å². The lowest BCUT2D eigenvalue weighted by molar-refractivity contribution is -0.250. The first-order valence-corrected chi connectivity index (χ1v) is 8.63. The molecule has 0 aromatic carbocycles. The summed E-state index contributed by atoms with van der Waals surface area (Å²) in [6, 6.07) is 0. The van der Waals surface area contributed by atoms with Crippen molar-refractivity contribution in [2.45, 2.75) is 83.5 Å². The van der Waals surface area contributed by atoms with Gasteiger partial charge in [-0.1, -0.05) is 44.6 Å². The van der Waals surface area contributed by atoms with Gasteiger partial charge < -0.3 is 4.89 Å². The Bertz CT molecular complexity index is 285. The van der Waals surface area contributed by atoms with E-state index in [1.165, 1.54) is 81.8 Å². The molecule has 0 aromatic rings. The first-order chi connectivity index (χ1) is 9.97. The predicted octanol–water partition coefficient (Wildman–Crippen LogP) is 5.84. The summed E-state index contributed by atoms with van der Waals surface area (Å²) in [5.74, 6) is 0. The largest absolute Gasteiger partial charge is 0.345 e. The van der Waals surface area contributed by atoms with Crippen molar-refractivity contribution in [3.63, 3.8) is 0 Å². The highest BCUT2D eigenvalue weighted by Crippen LogP contribution is 2.26. The Labute approximate surface area is 124 Å². The van der Waals surface area contributed by atoms with Crippen molar-refractivity contribution in [3.05, 3.63) is 23.5 Å². The van der Waals surface area contributed by atoms with Crippen LogP contribution in [0.2, 0.25) is 0 Å². The first-order valence-electron chi connectivity index (χ1n) is 8.63. The lowest BCUT2D eigenvalue weighted by Crippen LogP contribution is -2.00. The summed E-state index contributed by atoms with van der Waals surface area (Å²) < 4.78 is 0. The first kappa shape index (κ1) is 15.6. The van der Waals surface area contributed by atoms with Crippen LogP contribution < -0.4 is 0 Å². The van der Waals surface area contributed by atoms with Gasteiger partial charge in [-0.15, -0.1) is 0 Å². The van der Waals surface area contributed by atoms with Crippen molar-refractivity contribution >= 4 is 0 Å². The Kier molecular flexibility index (Phi) is 7.84. The van der Waals surface area contributed by atoms with E-state index in [1.54, 1.807) is 0 Å². The molecule has 0 saturated heterocycles. The summed E-state index contributed by atoms with van der Waals surface area (Å²) >= 11 is 0. The molecule has 0 spiro atoms. The molecule has 0 N–H and O–H groups in total. The average molecular weight is 278 g/mol. The molecule has 0 atom stereocenters. The maximum absolute atomic E-state index is 5.30. The van der Waals surface area contributed by atoms with Crippen LogP contribution in [-0.2, 0) is 9.78 Å². The molecule has 1 aliphatic carbocycles. The number of rotatable bonds is 1. The molecule has 0 saturated carbocycles. The lowest BCUT2D eigenvalue weighted by Gasteiger charge is -2.15. The summed E-state index contributed by atoms with van der Waals surface area (Å²) in [7, 11) is 0. The van der Waals surface area contributed by atoms with Crippen molar-refractivity contribution in [1.29, 1.82) is 0 Å². The van der Waals surface area contributed by atoms with Gasteiger partial charge in [-0.05, 0) is 56.1 Å². The monoisotopic (exact) mass is 278 g/mol. The third-order valence-electron chi connectivity index (χ3n) is 4.39. The molecule has 114 valence electrons. The molecule has 0 amide bonds. The van der Waals surface area contributed by atoms with Crippen LogP contribution in [0.4, 0.5) is 0 Å². The van der Waals surface area contributed by atoms with Gasteiger partial charge in [-0.25, -0.2) is 0 Å². The van der Waals surface area contributed by atoms with Crippen molar-refractivity contribution < 1.29 is 9.78 Å². The second-order valence-electron chi connectivity index (χ2n) is 6.11. The summed E-state index contributed by atoms with van der Waals surface area (Å²) in [6.07, 6.45) is 21.2. The fraction of sp³-hybridized carbons (Fsp3) is 0.778. The normalized spacial score (nSPS) is 29.2. The van der Waals surface area contributed by atoms with E-state index in [4.69, 9.17) is 9.78 Å². The molecule has 0 fully saturated rings. The zero-order valence-electron chi connectivity index (χ0n) is 12.9. The van der Waals surface area contributed by atoms with E-state index in [1.807, 2.05) is 6.26 Å².